The van der Waals surface area contributed by atoms with E-state index < -0.39 is 5.97 Å². The zero-order valence-corrected chi connectivity index (χ0v) is 11.7. The predicted molar refractivity (Wildman–Crippen MR) is 77.8 cm³/mol. The molecule has 0 bridgehead atoms. The highest BCUT2D eigenvalue weighted by Gasteiger charge is 2.07. The van der Waals surface area contributed by atoms with E-state index in [1.165, 1.54) is 11.3 Å². The molecule has 2 N–H and O–H groups in total. The van der Waals surface area contributed by atoms with Crippen molar-refractivity contribution in [3.63, 3.8) is 0 Å². The van der Waals surface area contributed by atoms with Crippen molar-refractivity contribution in [3.05, 3.63) is 52.2 Å². The first kappa shape index (κ1) is 14.1. The fourth-order valence-electron chi connectivity index (χ4n) is 1.45. The Bertz CT molecular complexity index is 609. The molecule has 0 radical (unpaired) electrons. The van der Waals surface area contributed by atoms with Gasteiger partial charge in [-0.1, -0.05) is 29.4 Å². The molecule has 1 aromatic heterocycles. The SMILES string of the molecule is Cc1ccccc1OCC(=O)O/N=C(\N)c1cccs1. The van der Waals surface area contributed by atoms with E-state index in [2.05, 4.69) is 5.16 Å². The number of carbonyl (C=O) groups excluding carboxylic acids is 1. The summed E-state index contributed by atoms with van der Waals surface area (Å²) in [6, 6.07) is 11.0. The highest BCUT2D eigenvalue weighted by atomic mass is 32.1. The first-order valence-corrected chi connectivity index (χ1v) is 6.80. The van der Waals surface area contributed by atoms with E-state index in [9.17, 15) is 4.79 Å². The Morgan fingerprint density at radius 3 is 2.80 bits per heavy atom. The minimum Gasteiger partial charge on any atom is -0.482 e. The lowest BCUT2D eigenvalue weighted by molar-refractivity contribution is -0.146. The molecule has 0 aliphatic carbocycles. The van der Waals surface area contributed by atoms with Crippen molar-refractivity contribution < 1.29 is 14.4 Å². The lowest BCUT2D eigenvalue weighted by Gasteiger charge is -2.06. The van der Waals surface area contributed by atoms with Gasteiger partial charge < -0.3 is 15.3 Å². The van der Waals surface area contributed by atoms with Crippen LogP contribution in [0.25, 0.3) is 0 Å². The van der Waals surface area contributed by atoms with Crippen LogP contribution in [-0.2, 0) is 9.63 Å². The highest BCUT2D eigenvalue weighted by molar-refractivity contribution is 7.12. The first-order chi connectivity index (χ1) is 9.66. The van der Waals surface area contributed by atoms with E-state index in [1.54, 1.807) is 12.1 Å². The van der Waals surface area contributed by atoms with Gasteiger partial charge in [0.1, 0.15) is 5.75 Å². The summed E-state index contributed by atoms with van der Waals surface area (Å²) in [4.78, 5) is 16.9. The molecule has 0 fully saturated rings. The fraction of sp³-hybridized carbons (Fsp3) is 0.143. The number of hydrogen-bond acceptors (Lipinski definition) is 5. The third kappa shape index (κ3) is 3.83. The number of para-hydroxylation sites is 1. The molecule has 0 saturated carbocycles. The van der Waals surface area contributed by atoms with Crippen molar-refractivity contribution in [1.82, 2.24) is 0 Å². The number of ether oxygens (including phenoxy) is 1. The molecular weight excluding hydrogens is 276 g/mol. The van der Waals surface area contributed by atoms with Crippen LogP contribution in [0.3, 0.4) is 0 Å². The monoisotopic (exact) mass is 290 g/mol. The number of benzene rings is 1. The number of hydrogen-bond donors (Lipinski definition) is 1. The van der Waals surface area contributed by atoms with Crippen LogP contribution in [0.4, 0.5) is 0 Å². The predicted octanol–water partition coefficient (Wildman–Crippen LogP) is 2.30. The van der Waals surface area contributed by atoms with Crippen LogP contribution in [0.15, 0.2) is 46.9 Å². The Balaban J connectivity index is 1.84. The molecule has 0 saturated heterocycles. The molecule has 0 aliphatic rings. The number of nitrogens with zero attached hydrogens (tertiary/aromatic N) is 1. The largest absolute Gasteiger partial charge is 0.482 e. The van der Waals surface area contributed by atoms with Crippen molar-refractivity contribution in [2.24, 2.45) is 10.9 Å². The minimum absolute atomic E-state index is 0.171. The Kier molecular flexibility index (Phi) is 4.73. The Labute approximate surface area is 120 Å². The van der Waals surface area contributed by atoms with Gasteiger partial charge in [0.15, 0.2) is 12.4 Å². The van der Waals surface area contributed by atoms with Gasteiger partial charge in [0.2, 0.25) is 0 Å². The van der Waals surface area contributed by atoms with Crippen molar-refractivity contribution >= 4 is 23.1 Å². The van der Waals surface area contributed by atoms with E-state index in [-0.39, 0.29) is 12.4 Å². The maximum Gasteiger partial charge on any atom is 0.372 e. The topological polar surface area (TPSA) is 73.9 Å². The summed E-state index contributed by atoms with van der Waals surface area (Å²) >= 11 is 1.42. The summed E-state index contributed by atoms with van der Waals surface area (Å²) in [5.74, 6) is 0.205. The van der Waals surface area contributed by atoms with Crippen LogP contribution < -0.4 is 10.5 Å². The number of carbonyl (C=O) groups is 1. The molecule has 1 aromatic carbocycles. The van der Waals surface area contributed by atoms with Crippen molar-refractivity contribution in [2.75, 3.05) is 6.61 Å². The Hall–Kier alpha value is -2.34. The molecule has 0 unspecified atom stereocenters. The number of rotatable bonds is 5. The van der Waals surface area contributed by atoms with E-state index in [0.29, 0.717) is 5.75 Å². The summed E-state index contributed by atoms with van der Waals surface area (Å²) in [6.45, 7) is 1.68. The summed E-state index contributed by atoms with van der Waals surface area (Å²) in [7, 11) is 0. The Morgan fingerprint density at radius 2 is 2.10 bits per heavy atom. The molecule has 6 heteroatoms. The second kappa shape index (κ2) is 6.72. The molecule has 2 rings (SSSR count). The lowest BCUT2D eigenvalue weighted by Crippen LogP contribution is -2.17. The smallest absolute Gasteiger partial charge is 0.372 e. The van der Waals surface area contributed by atoms with Gasteiger partial charge >= 0.3 is 5.97 Å². The number of thiophene rings is 1. The molecule has 0 amide bonds. The molecule has 0 spiro atoms. The third-order valence-electron chi connectivity index (χ3n) is 2.46. The maximum atomic E-state index is 11.5. The molecule has 1 heterocycles. The quantitative estimate of drug-likeness (QED) is 0.397. The van der Waals surface area contributed by atoms with Crippen LogP contribution in [0, 0.1) is 6.92 Å². The molecular formula is C14H14N2O3S. The van der Waals surface area contributed by atoms with Gasteiger partial charge in [-0.15, -0.1) is 11.3 Å². The first-order valence-electron chi connectivity index (χ1n) is 5.92. The fourth-order valence-corrected chi connectivity index (χ4v) is 2.07. The number of nitrogens with two attached hydrogens (primary N) is 1. The minimum atomic E-state index is -0.604. The van der Waals surface area contributed by atoms with Crippen molar-refractivity contribution in [3.8, 4) is 5.75 Å². The Morgan fingerprint density at radius 1 is 1.30 bits per heavy atom. The van der Waals surface area contributed by atoms with Gasteiger partial charge in [-0.3, -0.25) is 0 Å². The zero-order valence-electron chi connectivity index (χ0n) is 10.9. The molecule has 104 valence electrons. The lowest BCUT2D eigenvalue weighted by atomic mass is 10.2. The van der Waals surface area contributed by atoms with Crippen molar-refractivity contribution in [1.29, 1.82) is 0 Å². The van der Waals surface area contributed by atoms with E-state index in [0.717, 1.165) is 10.4 Å². The number of aryl methyl sites for hydroxylation is 1. The molecule has 5 nitrogen and oxygen atoms in total. The molecule has 0 atom stereocenters. The van der Waals surface area contributed by atoms with Gasteiger partial charge in [0.25, 0.3) is 0 Å². The number of amidine groups is 1. The van der Waals surface area contributed by atoms with E-state index in [1.807, 2.05) is 36.6 Å². The average molecular weight is 290 g/mol. The van der Waals surface area contributed by atoms with Gasteiger partial charge in [-0.25, -0.2) is 4.79 Å². The van der Waals surface area contributed by atoms with Gasteiger partial charge in [-0.05, 0) is 30.0 Å². The number of oxime groups is 1. The molecule has 0 aliphatic heterocycles. The van der Waals surface area contributed by atoms with Gasteiger partial charge in [0.05, 0.1) is 4.88 Å². The van der Waals surface area contributed by atoms with E-state index >= 15 is 0 Å². The molecule has 20 heavy (non-hydrogen) atoms. The van der Waals surface area contributed by atoms with Crippen LogP contribution in [0.2, 0.25) is 0 Å². The summed E-state index contributed by atoms with van der Waals surface area (Å²) in [5, 5.41) is 5.44. The summed E-state index contributed by atoms with van der Waals surface area (Å²) < 4.78 is 5.34. The van der Waals surface area contributed by atoms with Crippen LogP contribution in [0.5, 0.6) is 5.75 Å². The van der Waals surface area contributed by atoms with E-state index in [4.69, 9.17) is 15.3 Å². The third-order valence-corrected chi connectivity index (χ3v) is 3.35. The van der Waals surface area contributed by atoms with Crippen LogP contribution in [-0.4, -0.2) is 18.4 Å². The molecule has 2 aromatic rings. The van der Waals surface area contributed by atoms with Crippen molar-refractivity contribution in [2.45, 2.75) is 6.92 Å². The highest BCUT2D eigenvalue weighted by Crippen LogP contribution is 2.15. The summed E-state index contributed by atoms with van der Waals surface area (Å²) in [6.07, 6.45) is 0. The second-order valence-corrected chi connectivity index (χ2v) is 4.92. The second-order valence-electron chi connectivity index (χ2n) is 3.97. The van der Waals surface area contributed by atoms with Crippen LogP contribution in [0.1, 0.15) is 10.4 Å². The summed E-state index contributed by atoms with van der Waals surface area (Å²) in [5.41, 5.74) is 6.61. The standard InChI is InChI=1S/C14H14N2O3S/c1-10-5-2-3-6-11(10)18-9-13(17)19-16-14(15)12-7-4-8-20-12/h2-8H,9H2,1H3,(H2,15,16). The van der Waals surface area contributed by atoms with Gasteiger partial charge in [0, 0.05) is 0 Å². The average Bonchev–Trinajstić information content (AvgIpc) is 2.98. The van der Waals surface area contributed by atoms with Gasteiger partial charge in [-0.2, -0.15) is 0 Å². The van der Waals surface area contributed by atoms with Crippen LogP contribution >= 0.6 is 11.3 Å². The zero-order chi connectivity index (χ0) is 14.4. The maximum absolute atomic E-state index is 11.5. The normalized spacial score (nSPS) is 11.2.